The first-order valence-corrected chi connectivity index (χ1v) is 8.46. The first kappa shape index (κ1) is 14.1. The molecule has 1 aromatic heterocycles. The molecule has 2 rings (SSSR count). The van der Waals surface area contributed by atoms with E-state index in [9.17, 15) is 4.79 Å². The zero-order valence-electron chi connectivity index (χ0n) is 11.0. The Morgan fingerprint density at radius 1 is 1.39 bits per heavy atom. The van der Waals surface area contributed by atoms with Gasteiger partial charge < -0.3 is 5.32 Å². The lowest BCUT2D eigenvalue weighted by molar-refractivity contribution is 0.0925. The van der Waals surface area contributed by atoms with Crippen LogP contribution in [0, 0.1) is 0 Å². The van der Waals surface area contributed by atoms with Crippen LogP contribution in [0.1, 0.15) is 53.2 Å². The molecule has 1 amide bonds. The van der Waals surface area contributed by atoms with Gasteiger partial charge in [0.25, 0.3) is 5.91 Å². The molecule has 0 saturated heterocycles. The van der Waals surface area contributed by atoms with Crippen LogP contribution >= 0.6 is 27.3 Å². The molecule has 0 radical (unpaired) electrons. The molecule has 1 heterocycles. The van der Waals surface area contributed by atoms with Gasteiger partial charge in [0.1, 0.15) is 0 Å². The number of nitrogens with one attached hydrogen (secondary N) is 1. The minimum absolute atomic E-state index is 0.0672. The summed E-state index contributed by atoms with van der Waals surface area (Å²) in [6, 6.07) is 2.10. The third-order valence-electron chi connectivity index (χ3n) is 3.26. The van der Waals surface area contributed by atoms with Gasteiger partial charge in [-0.25, -0.2) is 0 Å². The third-order valence-corrected chi connectivity index (χ3v) is 5.89. The third kappa shape index (κ3) is 3.35. The molecule has 0 unspecified atom stereocenters. The van der Waals surface area contributed by atoms with Crippen LogP contribution in [0.25, 0.3) is 0 Å². The largest absolute Gasteiger partial charge is 0.346 e. The lowest BCUT2D eigenvalue weighted by Crippen LogP contribution is -2.44. The Labute approximate surface area is 121 Å². The number of fused-ring (bicyclic) bond motifs is 1. The molecule has 1 aromatic rings. The van der Waals surface area contributed by atoms with E-state index < -0.39 is 0 Å². The van der Waals surface area contributed by atoms with Gasteiger partial charge >= 0.3 is 0 Å². The summed E-state index contributed by atoms with van der Waals surface area (Å²) in [5.41, 5.74) is 1.21. The van der Waals surface area contributed by atoms with Crippen LogP contribution in [0.4, 0.5) is 0 Å². The fourth-order valence-electron chi connectivity index (χ4n) is 2.18. The molecule has 0 saturated carbocycles. The van der Waals surface area contributed by atoms with Gasteiger partial charge in [-0.3, -0.25) is 4.79 Å². The summed E-state index contributed by atoms with van der Waals surface area (Å²) in [6.45, 7) is 4.05. The van der Waals surface area contributed by atoms with Gasteiger partial charge in [-0.15, -0.1) is 11.3 Å². The Balaban J connectivity index is 2.12. The average Bonchev–Trinajstić information content (AvgIpc) is 2.61. The van der Waals surface area contributed by atoms with Crippen molar-refractivity contribution in [2.24, 2.45) is 0 Å². The summed E-state index contributed by atoms with van der Waals surface area (Å²) < 4.78 is 0. The highest BCUT2D eigenvalue weighted by atomic mass is 79.9. The minimum atomic E-state index is -0.196. The fourth-order valence-corrected chi connectivity index (χ4v) is 3.47. The standard InChI is InChI=1S/C14H20BrNOS/c1-14(2,9-15)16-13(17)12-8-10-6-4-3-5-7-11(10)18-12/h8H,3-7,9H2,1-2H3,(H,16,17). The summed E-state index contributed by atoms with van der Waals surface area (Å²) in [4.78, 5) is 14.5. The van der Waals surface area contributed by atoms with Crippen molar-refractivity contribution in [3.05, 3.63) is 21.4 Å². The first-order chi connectivity index (χ1) is 8.52. The summed E-state index contributed by atoms with van der Waals surface area (Å²) in [5.74, 6) is 0.0672. The molecule has 0 spiro atoms. The van der Waals surface area contributed by atoms with Crippen LogP contribution < -0.4 is 5.32 Å². The number of thiophene rings is 1. The van der Waals surface area contributed by atoms with Crippen LogP contribution in [0.3, 0.4) is 0 Å². The SMILES string of the molecule is CC(C)(CBr)NC(=O)c1cc2c(s1)CCCCC2. The highest BCUT2D eigenvalue weighted by Crippen LogP contribution is 2.29. The number of amides is 1. The predicted octanol–water partition coefficient (Wildman–Crippen LogP) is 3.92. The average molecular weight is 330 g/mol. The minimum Gasteiger partial charge on any atom is -0.346 e. The molecule has 1 aliphatic rings. The van der Waals surface area contributed by atoms with Crippen LogP contribution in [0.2, 0.25) is 0 Å². The zero-order chi connectivity index (χ0) is 13.2. The number of rotatable bonds is 3. The van der Waals surface area contributed by atoms with Crippen molar-refractivity contribution in [1.29, 1.82) is 0 Å². The van der Waals surface area contributed by atoms with E-state index >= 15 is 0 Å². The Kier molecular flexibility index (Phi) is 4.49. The van der Waals surface area contributed by atoms with E-state index in [0.717, 1.165) is 23.0 Å². The number of aryl methyl sites for hydroxylation is 2. The second kappa shape index (κ2) is 5.74. The molecule has 18 heavy (non-hydrogen) atoms. The predicted molar refractivity (Wildman–Crippen MR) is 80.9 cm³/mol. The molecule has 0 aromatic carbocycles. The summed E-state index contributed by atoms with van der Waals surface area (Å²) in [7, 11) is 0. The highest BCUT2D eigenvalue weighted by molar-refractivity contribution is 9.09. The van der Waals surface area contributed by atoms with Gasteiger partial charge in [0.2, 0.25) is 0 Å². The van der Waals surface area contributed by atoms with Gasteiger partial charge in [0, 0.05) is 15.7 Å². The molecular formula is C14H20BrNOS. The topological polar surface area (TPSA) is 29.1 Å². The highest BCUT2D eigenvalue weighted by Gasteiger charge is 2.22. The van der Waals surface area contributed by atoms with Crippen LogP contribution in [0.15, 0.2) is 6.07 Å². The van der Waals surface area contributed by atoms with Crippen molar-refractivity contribution in [2.75, 3.05) is 5.33 Å². The van der Waals surface area contributed by atoms with Crippen molar-refractivity contribution >= 4 is 33.2 Å². The Morgan fingerprint density at radius 3 is 2.83 bits per heavy atom. The molecule has 0 fully saturated rings. The second-order valence-electron chi connectivity index (χ2n) is 5.59. The molecule has 4 heteroatoms. The number of halogens is 1. The normalized spacial score (nSPS) is 15.9. The van der Waals surface area contributed by atoms with Crippen LogP contribution in [0.5, 0.6) is 0 Å². The van der Waals surface area contributed by atoms with Gasteiger partial charge in [0.15, 0.2) is 0 Å². The number of carbonyl (C=O) groups is 1. The van der Waals surface area contributed by atoms with E-state index in [2.05, 4.69) is 27.3 Å². The number of hydrogen-bond donors (Lipinski definition) is 1. The zero-order valence-corrected chi connectivity index (χ0v) is 13.4. The van der Waals surface area contributed by atoms with Crippen LogP contribution in [-0.2, 0) is 12.8 Å². The van der Waals surface area contributed by atoms with Crippen molar-refractivity contribution in [1.82, 2.24) is 5.32 Å². The Hall–Kier alpha value is -0.350. The maximum absolute atomic E-state index is 12.2. The van der Waals surface area contributed by atoms with E-state index in [-0.39, 0.29) is 11.4 Å². The number of carbonyl (C=O) groups excluding carboxylic acids is 1. The maximum atomic E-state index is 12.2. The van der Waals surface area contributed by atoms with Crippen LogP contribution in [-0.4, -0.2) is 16.8 Å². The van der Waals surface area contributed by atoms with E-state index in [4.69, 9.17) is 0 Å². The lowest BCUT2D eigenvalue weighted by atomic mass is 10.1. The van der Waals surface area contributed by atoms with Crippen molar-refractivity contribution < 1.29 is 4.79 Å². The van der Waals surface area contributed by atoms with Gasteiger partial charge in [-0.1, -0.05) is 22.4 Å². The quantitative estimate of drug-likeness (QED) is 0.660. The fraction of sp³-hybridized carbons (Fsp3) is 0.643. The Morgan fingerprint density at radius 2 is 2.11 bits per heavy atom. The lowest BCUT2D eigenvalue weighted by Gasteiger charge is -2.22. The smallest absolute Gasteiger partial charge is 0.261 e. The molecule has 100 valence electrons. The van der Waals surface area contributed by atoms with Crippen molar-refractivity contribution in [3.63, 3.8) is 0 Å². The second-order valence-corrected chi connectivity index (χ2v) is 7.29. The molecular weight excluding hydrogens is 310 g/mol. The van der Waals surface area contributed by atoms with E-state index in [1.165, 1.54) is 29.7 Å². The molecule has 2 nitrogen and oxygen atoms in total. The summed E-state index contributed by atoms with van der Waals surface area (Å²) in [6.07, 6.45) is 6.13. The van der Waals surface area contributed by atoms with E-state index in [1.807, 2.05) is 13.8 Å². The number of hydrogen-bond acceptors (Lipinski definition) is 2. The van der Waals surface area contributed by atoms with Gasteiger partial charge in [-0.2, -0.15) is 0 Å². The maximum Gasteiger partial charge on any atom is 0.261 e. The molecule has 1 N–H and O–H groups in total. The van der Waals surface area contributed by atoms with Gasteiger partial charge in [0.05, 0.1) is 4.88 Å². The number of alkyl halides is 1. The van der Waals surface area contributed by atoms with Gasteiger partial charge in [-0.05, 0) is 51.2 Å². The Bertz CT molecular complexity index is 416. The molecule has 0 aliphatic heterocycles. The van der Waals surface area contributed by atoms with Crippen molar-refractivity contribution in [3.8, 4) is 0 Å². The summed E-state index contributed by atoms with van der Waals surface area (Å²) >= 11 is 5.11. The van der Waals surface area contributed by atoms with E-state index in [0.29, 0.717) is 0 Å². The molecule has 0 bridgehead atoms. The van der Waals surface area contributed by atoms with Crippen molar-refractivity contribution in [2.45, 2.75) is 51.5 Å². The summed E-state index contributed by atoms with van der Waals surface area (Å²) in [5, 5.41) is 3.83. The first-order valence-electron chi connectivity index (χ1n) is 6.52. The monoisotopic (exact) mass is 329 g/mol. The van der Waals surface area contributed by atoms with E-state index in [1.54, 1.807) is 11.3 Å². The molecule has 0 atom stereocenters. The molecule has 1 aliphatic carbocycles.